The average molecular weight is 418 g/mol. The van der Waals surface area contributed by atoms with Crippen LogP contribution in [-0.4, -0.2) is 18.0 Å². The van der Waals surface area contributed by atoms with E-state index in [2.05, 4.69) is 31.9 Å². The third-order valence-corrected chi connectivity index (χ3v) is 3.40. The molecule has 0 aliphatic rings. The summed E-state index contributed by atoms with van der Waals surface area (Å²) in [6.07, 6.45) is -0.189. The van der Waals surface area contributed by atoms with Crippen LogP contribution in [0.15, 0.2) is 57.5 Å². The Morgan fingerprint density at radius 1 is 0.952 bits per heavy atom. The number of hydrogen-bond donors (Lipinski definition) is 1. The number of benzene rings is 2. The number of halogens is 2. The predicted molar refractivity (Wildman–Crippen MR) is 91.7 cm³/mol. The maximum absolute atomic E-state index is 8.74. The second-order valence-electron chi connectivity index (χ2n) is 4.07. The Kier molecular flexibility index (Phi) is 8.42. The van der Waals surface area contributed by atoms with Gasteiger partial charge in [-0.15, -0.1) is 0 Å². The molecule has 114 valence electrons. The van der Waals surface area contributed by atoms with Gasteiger partial charge in [-0.1, -0.05) is 31.9 Å². The largest absolute Gasteiger partial charge is 0.508 e. The van der Waals surface area contributed by atoms with Gasteiger partial charge in [0, 0.05) is 15.6 Å². The fourth-order valence-electron chi connectivity index (χ4n) is 1.41. The van der Waals surface area contributed by atoms with Gasteiger partial charge in [0.1, 0.15) is 11.5 Å². The molecule has 0 amide bonds. The fraction of sp³-hybridized carbons (Fsp3) is 0.250. The molecule has 0 radical (unpaired) electrons. The first-order valence-electron chi connectivity index (χ1n) is 6.49. The zero-order chi connectivity index (χ0) is 15.7. The van der Waals surface area contributed by atoms with Gasteiger partial charge in [0.2, 0.25) is 0 Å². The van der Waals surface area contributed by atoms with Crippen LogP contribution >= 0.6 is 31.9 Å². The summed E-state index contributed by atoms with van der Waals surface area (Å²) in [5.74, 6) is 1.12. The van der Waals surface area contributed by atoms with Crippen molar-refractivity contribution < 1.29 is 14.6 Å². The van der Waals surface area contributed by atoms with Gasteiger partial charge in [-0.2, -0.15) is 0 Å². The molecule has 0 bridgehead atoms. The molecule has 2 rings (SSSR count). The van der Waals surface area contributed by atoms with Crippen molar-refractivity contribution in [3.63, 3.8) is 0 Å². The second-order valence-corrected chi connectivity index (χ2v) is 5.90. The molecule has 21 heavy (non-hydrogen) atoms. The van der Waals surface area contributed by atoms with E-state index in [1.54, 1.807) is 24.3 Å². The summed E-state index contributed by atoms with van der Waals surface area (Å²) >= 11 is 6.59. The maximum Gasteiger partial charge on any atom is 0.196 e. The van der Waals surface area contributed by atoms with Gasteiger partial charge >= 0.3 is 0 Å². The van der Waals surface area contributed by atoms with Crippen molar-refractivity contribution in [2.45, 2.75) is 20.1 Å². The lowest BCUT2D eigenvalue weighted by Crippen LogP contribution is -2.15. The fourth-order valence-corrected chi connectivity index (χ4v) is 1.94. The van der Waals surface area contributed by atoms with E-state index in [0.717, 1.165) is 14.7 Å². The molecule has 0 aromatic heterocycles. The Balaban J connectivity index is 0.000000235. The first-order chi connectivity index (χ1) is 10.0. The smallest absolute Gasteiger partial charge is 0.196 e. The van der Waals surface area contributed by atoms with E-state index >= 15 is 0 Å². The molecule has 3 nitrogen and oxygen atoms in total. The van der Waals surface area contributed by atoms with Crippen molar-refractivity contribution in [3.8, 4) is 11.5 Å². The van der Waals surface area contributed by atoms with Gasteiger partial charge in [-0.25, -0.2) is 0 Å². The van der Waals surface area contributed by atoms with Gasteiger partial charge in [-0.3, -0.25) is 0 Å². The SMILES string of the molecule is CCOC(C)Oc1ccc(Br)cc1.Oc1ccc(Br)cc1. The van der Waals surface area contributed by atoms with Crippen LogP contribution in [-0.2, 0) is 4.74 Å². The molecule has 2 aromatic rings. The number of phenols is 1. The van der Waals surface area contributed by atoms with E-state index in [4.69, 9.17) is 14.6 Å². The van der Waals surface area contributed by atoms with Crippen LogP contribution in [0.2, 0.25) is 0 Å². The lowest BCUT2D eigenvalue weighted by atomic mass is 10.3. The third-order valence-electron chi connectivity index (χ3n) is 2.34. The summed E-state index contributed by atoms with van der Waals surface area (Å²) in [5, 5.41) is 8.74. The molecule has 1 atom stereocenters. The van der Waals surface area contributed by atoms with Crippen LogP contribution in [0.5, 0.6) is 11.5 Å². The highest BCUT2D eigenvalue weighted by Gasteiger charge is 2.01. The number of aromatic hydroxyl groups is 1. The Bertz CT molecular complexity index is 491. The summed E-state index contributed by atoms with van der Waals surface area (Å²) in [6, 6.07) is 14.5. The van der Waals surface area contributed by atoms with E-state index in [1.165, 1.54) is 0 Å². The predicted octanol–water partition coefficient (Wildman–Crippen LogP) is 5.37. The number of rotatable bonds is 4. The first kappa shape index (κ1) is 18.0. The molecule has 0 saturated carbocycles. The lowest BCUT2D eigenvalue weighted by molar-refractivity contribution is -0.0613. The van der Waals surface area contributed by atoms with Crippen LogP contribution < -0.4 is 4.74 Å². The molecular formula is C16H18Br2O3. The molecule has 0 aliphatic heterocycles. The zero-order valence-corrected chi connectivity index (χ0v) is 15.1. The Morgan fingerprint density at radius 2 is 1.43 bits per heavy atom. The normalized spacial score (nSPS) is 11.2. The molecule has 2 aromatic carbocycles. The minimum Gasteiger partial charge on any atom is -0.508 e. The monoisotopic (exact) mass is 416 g/mol. The van der Waals surface area contributed by atoms with Crippen LogP contribution in [0.3, 0.4) is 0 Å². The Labute approximate surface area is 142 Å². The molecule has 5 heteroatoms. The molecule has 1 N–H and O–H groups in total. The van der Waals surface area contributed by atoms with Crippen molar-refractivity contribution in [2.24, 2.45) is 0 Å². The van der Waals surface area contributed by atoms with Crippen LogP contribution in [0, 0.1) is 0 Å². The van der Waals surface area contributed by atoms with Gasteiger partial charge in [-0.05, 0) is 62.4 Å². The van der Waals surface area contributed by atoms with Crippen molar-refractivity contribution in [2.75, 3.05) is 6.61 Å². The average Bonchev–Trinajstić information content (AvgIpc) is 2.46. The van der Waals surface area contributed by atoms with Crippen LogP contribution in [0.25, 0.3) is 0 Å². The third kappa shape index (κ3) is 8.09. The van der Waals surface area contributed by atoms with Gasteiger partial charge in [0.05, 0.1) is 0 Å². The minimum absolute atomic E-state index is 0.189. The van der Waals surface area contributed by atoms with Crippen LogP contribution in [0.4, 0.5) is 0 Å². The van der Waals surface area contributed by atoms with Crippen molar-refractivity contribution in [1.29, 1.82) is 0 Å². The molecule has 1 unspecified atom stereocenters. The second kappa shape index (κ2) is 9.82. The first-order valence-corrected chi connectivity index (χ1v) is 8.08. The van der Waals surface area contributed by atoms with E-state index in [1.807, 2.05) is 38.1 Å². The van der Waals surface area contributed by atoms with Crippen molar-refractivity contribution >= 4 is 31.9 Å². The van der Waals surface area contributed by atoms with Gasteiger partial charge in [0.25, 0.3) is 0 Å². The summed E-state index contributed by atoms with van der Waals surface area (Å²) < 4.78 is 12.7. The standard InChI is InChI=1S/C10H13BrO2.C6H5BrO/c1-3-12-8(2)13-10-6-4-9(11)5-7-10;7-5-1-3-6(8)4-2-5/h4-8H,3H2,1-2H3;1-4,8H. The van der Waals surface area contributed by atoms with E-state index in [-0.39, 0.29) is 6.29 Å². The molecular weight excluding hydrogens is 400 g/mol. The molecule has 0 aliphatic carbocycles. The zero-order valence-electron chi connectivity index (χ0n) is 11.9. The number of ether oxygens (including phenoxy) is 2. The topological polar surface area (TPSA) is 38.7 Å². The highest BCUT2D eigenvalue weighted by atomic mass is 79.9. The van der Waals surface area contributed by atoms with E-state index in [9.17, 15) is 0 Å². The molecule has 0 saturated heterocycles. The highest BCUT2D eigenvalue weighted by Crippen LogP contribution is 2.17. The van der Waals surface area contributed by atoms with Crippen LogP contribution in [0.1, 0.15) is 13.8 Å². The summed E-state index contributed by atoms with van der Waals surface area (Å²) in [7, 11) is 0. The van der Waals surface area contributed by atoms with E-state index in [0.29, 0.717) is 12.4 Å². The number of hydrogen-bond acceptors (Lipinski definition) is 3. The van der Waals surface area contributed by atoms with Gasteiger partial charge < -0.3 is 14.6 Å². The summed E-state index contributed by atoms with van der Waals surface area (Å²) in [4.78, 5) is 0. The highest BCUT2D eigenvalue weighted by molar-refractivity contribution is 9.10. The molecule has 0 spiro atoms. The minimum atomic E-state index is -0.189. The van der Waals surface area contributed by atoms with E-state index < -0.39 is 0 Å². The molecule has 0 heterocycles. The Morgan fingerprint density at radius 3 is 1.86 bits per heavy atom. The summed E-state index contributed by atoms with van der Waals surface area (Å²) in [5.41, 5.74) is 0. The summed E-state index contributed by atoms with van der Waals surface area (Å²) in [6.45, 7) is 4.49. The lowest BCUT2D eigenvalue weighted by Gasteiger charge is -2.13. The number of phenolic OH excluding ortho intramolecular Hbond substituents is 1. The quantitative estimate of drug-likeness (QED) is 0.680. The van der Waals surface area contributed by atoms with Crippen molar-refractivity contribution in [1.82, 2.24) is 0 Å². The van der Waals surface area contributed by atoms with Gasteiger partial charge in [0.15, 0.2) is 6.29 Å². The van der Waals surface area contributed by atoms with Crippen molar-refractivity contribution in [3.05, 3.63) is 57.5 Å². The maximum atomic E-state index is 8.74. The Hall–Kier alpha value is -1.04. The molecule has 0 fully saturated rings.